The zero-order valence-electron chi connectivity index (χ0n) is 11.8. The Kier molecular flexibility index (Phi) is 5.30. The second-order valence-electron chi connectivity index (χ2n) is 5.13. The maximum absolute atomic E-state index is 11.6. The molecule has 1 saturated heterocycles. The molecule has 1 aromatic rings. The highest BCUT2D eigenvalue weighted by atomic mass is 79.9. The minimum atomic E-state index is -0.414. The average molecular weight is 357 g/mol. The monoisotopic (exact) mass is 356 g/mol. The molecule has 0 amide bonds. The van der Waals surface area contributed by atoms with Crippen LogP contribution in [-0.4, -0.2) is 36.0 Å². The van der Waals surface area contributed by atoms with Gasteiger partial charge >= 0.3 is 5.97 Å². The molecule has 1 aliphatic rings. The molecule has 0 radical (unpaired) electrons. The van der Waals surface area contributed by atoms with Crippen molar-refractivity contribution in [2.75, 3.05) is 20.2 Å². The molecule has 1 aliphatic heterocycles. The van der Waals surface area contributed by atoms with E-state index < -0.39 is 4.92 Å². The van der Waals surface area contributed by atoms with Crippen molar-refractivity contribution in [3.8, 4) is 0 Å². The van der Waals surface area contributed by atoms with Crippen LogP contribution in [0.5, 0.6) is 0 Å². The van der Waals surface area contributed by atoms with E-state index in [4.69, 9.17) is 4.74 Å². The minimum Gasteiger partial charge on any atom is -0.469 e. The second kappa shape index (κ2) is 7.00. The summed E-state index contributed by atoms with van der Waals surface area (Å²) < 4.78 is 5.52. The number of benzene rings is 1. The lowest BCUT2D eigenvalue weighted by Crippen LogP contribution is -2.38. The molecule has 114 valence electrons. The van der Waals surface area contributed by atoms with Gasteiger partial charge in [0.1, 0.15) is 0 Å². The fraction of sp³-hybridized carbons (Fsp3) is 0.500. The van der Waals surface area contributed by atoms with E-state index in [1.165, 1.54) is 19.2 Å². The predicted molar refractivity (Wildman–Crippen MR) is 80.8 cm³/mol. The Morgan fingerprint density at radius 3 is 2.95 bits per heavy atom. The van der Waals surface area contributed by atoms with Crippen molar-refractivity contribution in [3.05, 3.63) is 38.3 Å². The minimum absolute atomic E-state index is 0.0664. The van der Waals surface area contributed by atoms with Gasteiger partial charge in [-0.05, 0) is 31.0 Å². The van der Waals surface area contributed by atoms with Crippen LogP contribution in [0.2, 0.25) is 0 Å². The first-order chi connectivity index (χ1) is 10.0. The second-order valence-corrected chi connectivity index (χ2v) is 5.98. The van der Waals surface area contributed by atoms with Crippen LogP contribution in [-0.2, 0) is 16.1 Å². The lowest BCUT2D eigenvalue weighted by atomic mass is 9.98. The van der Waals surface area contributed by atoms with Gasteiger partial charge in [-0.15, -0.1) is 0 Å². The summed E-state index contributed by atoms with van der Waals surface area (Å²) in [6, 6.07) is 4.77. The lowest BCUT2D eigenvalue weighted by Gasteiger charge is -2.31. The van der Waals surface area contributed by atoms with Gasteiger partial charge in [-0.25, -0.2) is 0 Å². The van der Waals surface area contributed by atoms with Gasteiger partial charge in [0.05, 0.1) is 18.0 Å². The summed E-state index contributed by atoms with van der Waals surface area (Å²) in [5.41, 5.74) is 1.04. The van der Waals surface area contributed by atoms with Crippen molar-refractivity contribution in [2.45, 2.75) is 19.4 Å². The number of methoxy groups -OCH3 is 1. The summed E-state index contributed by atoms with van der Waals surface area (Å²) in [6.45, 7) is 2.24. The number of non-ortho nitro benzene ring substituents is 1. The molecule has 0 aliphatic carbocycles. The number of esters is 1. The van der Waals surface area contributed by atoms with Crippen molar-refractivity contribution >= 4 is 27.6 Å². The number of piperidine rings is 1. The highest BCUT2D eigenvalue weighted by molar-refractivity contribution is 9.10. The summed E-state index contributed by atoms with van der Waals surface area (Å²) in [7, 11) is 1.41. The van der Waals surface area contributed by atoms with Gasteiger partial charge in [0.15, 0.2) is 0 Å². The molecule has 0 N–H and O–H groups in total. The zero-order valence-corrected chi connectivity index (χ0v) is 13.3. The van der Waals surface area contributed by atoms with Gasteiger partial charge in [-0.2, -0.15) is 0 Å². The number of likely N-dealkylation sites (tertiary alicyclic amines) is 1. The Bertz CT molecular complexity index is 550. The number of carbonyl (C=O) groups excluding carboxylic acids is 1. The van der Waals surface area contributed by atoms with Crippen LogP contribution < -0.4 is 0 Å². The van der Waals surface area contributed by atoms with Crippen LogP contribution in [0.15, 0.2) is 22.7 Å². The van der Waals surface area contributed by atoms with E-state index in [2.05, 4.69) is 20.8 Å². The van der Waals surface area contributed by atoms with Crippen molar-refractivity contribution in [1.82, 2.24) is 4.90 Å². The van der Waals surface area contributed by atoms with Gasteiger partial charge < -0.3 is 4.74 Å². The number of nitrogens with zero attached hydrogens (tertiary/aromatic N) is 2. The van der Waals surface area contributed by atoms with Crippen LogP contribution in [0, 0.1) is 16.0 Å². The van der Waals surface area contributed by atoms with E-state index in [-0.39, 0.29) is 17.6 Å². The number of nitro groups is 1. The van der Waals surface area contributed by atoms with E-state index in [1.807, 2.05) is 0 Å². The Hall–Kier alpha value is -1.47. The number of nitro benzene ring substituents is 1. The number of hydrogen-bond acceptors (Lipinski definition) is 5. The van der Waals surface area contributed by atoms with Gasteiger partial charge in [0, 0.05) is 29.7 Å². The average Bonchev–Trinajstić information content (AvgIpc) is 2.48. The molecular weight excluding hydrogens is 340 g/mol. The molecular formula is C14H17BrN2O4. The fourth-order valence-corrected chi connectivity index (χ4v) is 3.07. The Morgan fingerprint density at radius 1 is 1.57 bits per heavy atom. The molecule has 0 bridgehead atoms. The SMILES string of the molecule is COC(=O)[C@H]1CCCN(Cc2ccc([N+](=O)[O-])cc2Br)C1. The molecule has 2 rings (SSSR count). The number of hydrogen-bond donors (Lipinski definition) is 0. The van der Waals surface area contributed by atoms with E-state index in [0.29, 0.717) is 13.1 Å². The summed E-state index contributed by atoms with van der Waals surface area (Å²) in [4.78, 5) is 24.1. The van der Waals surface area contributed by atoms with Crippen LogP contribution >= 0.6 is 15.9 Å². The highest BCUT2D eigenvalue weighted by Gasteiger charge is 2.26. The summed E-state index contributed by atoms with van der Waals surface area (Å²) in [5.74, 6) is -0.247. The maximum atomic E-state index is 11.6. The molecule has 0 unspecified atom stereocenters. The fourth-order valence-electron chi connectivity index (χ4n) is 2.58. The molecule has 0 spiro atoms. The predicted octanol–water partition coefficient (Wildman–Crippen LogP) is 2.74. The normalized spacial score (nSPS) is 19.2. The van der Waals surface area contributed by atoms with E-state index in [1.54, 1.807) is 6.07 Å². The van der Waals surface area contributed by atoms with Crippen molar-refractivity contribution in [3.63, 3.8) is 0 Å². The quantitative estimate of drug-likeness (QED) is 0.471. The third kappa shape index (κ3) is 4.01. The molecule has 6 nitrogen and oxygen atoms in total. The smallest absolute Gasteiger partial charge is 0.309 e. The molecule has 0 aromatic heterocycles. The van der Waals surface area contributed by atoms with Gasteiger partial charge in [-0.3, -0.25) is 19.8 Å². The summed E-state index contributed by atoms with van der Waals surface area (Å²) in [6.07, 6.45) is 1.80. The van der Waals surface area contributed by atoms with Gasteiger partial charge in [0.25, 0.3) is 5.69 Å². The molecule has 1 fully saturated rings. The first-order valence-corrected chi connectivity index (χ1v) is 7.53. The maximum Gasteiger partial charge on any atom is 0.309 e. The first kappa shape index (κ1) is 15.9. The van der Waals surface area contributed by atoms with Crippen molar-refractivity contribution in [1.29, 1.82) is 0 Å². The zero-order chi connectivity index (χ0) is 15.4. The van der Waals surface area contributed by atoms with E-state index in [0.717, 1.165) is 29.4 Å². The van der Waals surface area contributed by atoms with Gasteiger partial charge in [0.2, 0.25) is 0 Å². The van der Waals surface area contributed by atoms with Crippen LogP contribution in [0.4, 0.5) is 5.69 Å². The number of ether oxygens (including phenoxy) is 1. The van der Waals surface area contributed by atoms with Crippen LogP contribution in [0.25, 0.3) is 0 Å². The Labute approximate surface area is 131 Å². The summed E-state index contributed by atoms with van der Waals surface area (Å²) in [5, 5.41) is 10.7. The molecule has 1 aromatic carbocycles. The summed E-state index contributed by atoms with van der Waals surface area (Å²) >= 11 is 3.38. The third-order valence-electron chi connectivity index (χ3n) is 3.68. The molecule has 1 heterocycles. The van der Waals surface area contributed by atoms with Crippen molar-refractivity contribution in [2.24, 2.45) is 5.92 Å². The Balaban J connectivity index is 2.04. The molecule has 21 heavy (non-hydrogen) atoms. The molecule has 1 atom stereocenters. The Morgan fingerprint density at radius 2 is 2.33 bits per heavy atom. The topological polar surface area (TPSA) is 72.7 Å². The van der Waals surface area contributed by atoms with E-state index in [9.17, 15) is 14.9 Å². The lowest BCUT2D eigenvalue weighted by molar-refractivity contribution is -0.384. The number of rotatable bonds is 4. The van der Waals surface area contributed by atoms with E-state index >= 15 is 0 Å². The van der Waals surface area contributed by atoms with Crippen molar-refractivity contribution < 1.29 is 14.5 Å². The largest absolute Gasteiger partial charge is 0.469 e. The molecule has 0 saturated carbocycles. The number of halogens is 1. The number of carbonyl (C=O) groups is 1. The van der Waals surface area contributed by atoms with Crippen LogP contribution in [0.3, 0.4) is 0 Å². The first-order valence-electron chi connectivity index (χ1n) is 6.74. The van der Waals surface area contributed by atoms with Gasteiger partial charge in [-0.1, -0.05) is 15.9 Å². The standard InChI is InChI=1S/C14H17BrN2O4/c1-21-14(18)11-3-2-6-16(9-11)8-10-4-5-12(17(19)20)7-13(10)15/h4-5,7,11H,2-3,6,8-9H2,1H3/t11-/m0/s1. The van der Waals surface area contributed by atoms with Crippen LogP contribution in [0.1, 0.15) is 18.4 Å². The third-order valence-corrected chi connectivity index (χ3v) is 4.42. The molecule has 7 heteroatoms. The highest BCUT2D eigenvalue weighted by Crippen LogP contribution is 2.26.